The average molecular weight is 290 g/mol. The van der Waals surface area contributed by atoms with Crippen LogP contribution in [0.4, 0.5) is 0 Å². The van der Waals surface area contributed by atoms with Crippen LogP contribution in [0.15, 0.2) is 24.3 Å². The van der Waals surface area contributed by atoms with Crippen LogP contribution in [-0.2, 0) is 0 Å². The first-order valence-corrected chi connectivity index (χ1v) is 8.39. The summed E-state index contributed by atoms with van der Waals surface area (Å²) in [6.45, 7) is 10.9. The zero-order valence-corrected chi connectivity index (χ0v) is 13.8. The van der Waals surface area contributed by atoms with E-state index in [1.807, 2.05) is 6.07 Å². The van der Waals surface area contributed by atoms with E-state index in [1.165, 1.54) is 24.9 Å². The molecule has 1 fully saturated rings. The van der Waals surface area contributed by atoms with Crippen LogP contribution in [0.1, 0.15) is 38.7 Å². The van der Waals surface area contributed by atoms with E-state index in [0.717, 1.165) is 31.9 Å². The summed E-state index contributed by atoms with van der Waals surface area (Å²) >= 11 is 0. The van der Waals surface area contributed by atoms with Gasteiger partial charge in [0, 0.05) is 31.7 Å². The van der Waals surface area contributed by atoms with Crippen molar-refractivity contribution in [2.75, 3.05) is 26.2 Å². The molecule has 2 rings (SSSR count). The molecule has 1 N–H and O–H groups in total. The first-order chi connectivity index (χ1) is 10.2. The highest BCUT2D eigenvalue weighted by Gasteiger charge is 2.25. The standard InChI is InChI=1S/C18H30N2O/c1-4-16-14-20(17(5-2)13-19-16)10-7-11-21-18-9-6-8-15(3)12-18/h6,8-9,12,16-17,19H,4-5,7,10-11,13-14H2,1-3H3. The molecule has 3 nitrogen and oxygen atoms in total. The molecule has 118 valence electrons. The maximum Gasteiger partial charge on any atom is 0.119 e. The van der Waals surface area contributed by atoms with Crippen LogP contribution in [0, 0.1) is 6.92 Å². The third kappa shape index (κ3) is 5.01. The van der Waals surface area contributed by atoms with Crippen molar-refractivity contribution >= 4 is 0 Å². The third-order valence-electron chi connectivity index (χ3n) is 4.43. The minimum atomic E-state index is 0.658. The van der Waals surface area contributed by atoms with Crippen LogP contribution in [0.25, 0.3) is 0 Å². The Morgan fingerprint density at radius 2 is 2.14 bits per heavy atom. The molecule has 0 bridgehead atoms. The quantitative estimate of drug-likeness (QED) is 0.780. The summed E-state index contributed by atoms with van der Waals surface area (Å²) in [4.78, 5) is 2.64. The number of aryl methyl sites for hydroxylation is 1. The van der Waals surface area contributed by atoms with Gasteiger partial charge in [0.15, 0.2) is 0 Å². The Hall–Kier alpha value is -1.06. The number of rotatable bonds is 7. The number of hydrogen-bond donors (Lipinski definition) is 1. The number of nitrogens with one attached hydrogen (secondary N) is 1. The van der Waals surface area contributed by atoms with E-state index < -0.39 is 0 Å². The Morgan fingerprint density at radius 1 is 1.29 bits per heavy atom. The molecule has 1 heterocycles. The third-order valence-corrected chi connectivity index (χ3v) is 4.43. The fraction of sp³-hybridized carbons (Fsp3) is 0.667. The lowest BCUT2D eigenvalue weighted by Gasteiger charge is -2.40. The molecule has 3 heteroatoms. The maximum absolute atomic E-state index is 5.86. The van der Waals surface area contributed by atoms with Gasteiger partial charge in [0.25, 0.3) is 0 Å². The number of benzene rings is 1. The van der Waals surface area contributed by atoms with Crippen LogP contribution in [-0.4, -0.2) is 43.2 Å². The molecular formula is C18H30N2O. The second kappa shape index (κ2) is 8.40. The highest BCUT2D eigenvalue weighted by atomic mass is 16.5. The smallest absolute Gasteiger partial charge is 0.119 e. The molecule has 1 aliphatic rings. The molecule has 2 unspecified atom stereocenters. The molecule has 1 aromatic carbocycles. The molecule has 21 heavy (non-hydrogen) atoms. The number of ether oxygens (including phenoxy) is 1. The van der Waals surface area contributed by atoms with Crippen LogP contribution in [0.3, 0.4) is 0 Å². The van der Waals surface area contributed by atoms with Gasteiger partial charge in [-0.25, -0.2) is 0 Å². The van der Waals surface area contributed by atoms with Gasteiger partial charge in [0.05, 0.1) is 6.61 Å². The molecule has 1 saturated heterocycles. The lowest BCUT2D eigenvalue weighted by Crippen LogP contribution is -2.56. The van der Waals surface area contributed by atoms with E-state index >= 15 is 0 Å². The molecule has 0 spiro atoms. The topological polar surface area (TPSA) is 24.5 Å². The van der Waals surface area contributed by atoms with Crippen molar-refractivity contribution in [3.8, 4) is 5.75 Å². The minimum Gasteiger partial charge on any atom is -0.494 e. The van der Waals surface area contributed by atoms with Crippen molar-refractivity contribution < 1.29 is 4.74 Å². The zero-order chi connectivity index (χ0) is 15.1. The predicted octanol–water partition coefficient (Wildman–Crippen LogP) is 3.23. The Labute approximate surface area is 129 Å². The number of hydrogen-bond acceptors (Lipinski definition) is 3. The Morgan fingerprint density at radius 3 is 2.86 bits per heavy atom. The highest BCUT2D eigenvalue weighted by Crippen LogP contribution is 2.14. The Balaban J connectivity index is 1.73. The first kappa shape index (κ1) is 16.3. The fourth-order valence-electron chi connectivity index (χ4n) is 3.04. The van der Waals surface area contributed by atoms with Crippen molar-refractivity contribution in [2.45, 2.75) is 52.1 Å². The van der Waals surface area contributed by atoms with E-state index in [2.05, 4.69) is 49.2 Å². The van der Waals surface area contributed by atoms with Gasteiger partial charge in [0.1, 0.15) is 5.75 Å². The zero-order valence-electron chi connectivity index (χ0n) is 13.8. The van der Waals surface area contributed by atoms with Gasteiger partial charge >= 0.3 is 0 Å². The van der Waals surface area contributed by atoms with Gasteiger partial charge in [-0.3, -0.25) is 4.90 Å². The summed E-state index contributed by atoms with van der Waals surface area (Å²) in [6, 6.07) is 9.65. The summed E-state index contributed by atoms with van der Waals surface area (Å²) in [6.07, 6.45) is 3.54. The molecule has 0 aromatic heterocycles. The molecule has 1 aromatic rings. The van der Waals surface area contributed by atoms with E-state index in [1.54, 1.807) is 0 Å². The van der Waals surface area contributed by atoms with Crippen molar-refractivity contribution in [1.29, 1.82) is 0 Å². The SMILES string of the molecule is CCC1CN(CCCOc2cccc(C)c2)C(CC)CN1. The lowest BCUT2D eigenvalue weighted by molar-refractivity contribution is 0.117. The van der Waals surface area contributed by atoms with E-state index in [0.29, 0.717) is 12.1 Å². The van der Waals surface area contributed by atoms with Crippen molar-refractivity contribution in [3.63, 3.8) is 0 Å². The summed E-state index contributed by atoms with van der Waals surface area (Å²) in [5.41, 5.74) is 1.26. The normalized spacial score (nSPS) is 23.2. The molecule has 0 saturated carbocycles. The van der Waals surface area contributed by atoms with Crippen LogP contribution in [0.5, 0.6) is 5.75 Å². The van der Waals surface area contributed by atoms with Crippen LogP contribution >= 0.6 is 0 Å². The second-order valence-corrected chi connectivity index (χ2v) is 6.09. The largest absolute Gasteiger partial charge is 0.494 e. The molecule has 0 amide bonds. The van der Waals surface area contributed by atoms with Gasteiger partial charge < -0.3 is 10.1 Å². The summed E-state index contributed by atoms with van der Waals surface area (Å²) in [5, 5.41) is 3.65. The molecule has 0 radical (unpaired) electrons. The lowest BCUT2D eigenvalue weighted by atomic mass is 10.1. The molecule has 0 aliphatic carbocycles. The van der Waals surface area contributed by atoms with Crippen molar-refractivity contribution in [2.24, 2.45) is 0 Å². The van der Waals surface area contributed by atoms with Crippen LogP contribution in [0.2, 0.25) is 0 Å². The van der Waals surface area contributed by atoms with Gasteiger partial charge in [0.2, 0.25) is 0 Å². The van der Waals surface area contributed by atoms with E-state index in [9.17, 15) is 0 Å². The monoisotopic (exact) mass is 290 g/mol. The fourth-order valence-corrected chi connectivity index (χ4v) is 3.04. The maximum atomic E-state index is 5.86. The second-order valence-electron chi connectivity index (χ2n) is 6.09. The minimum absolute atomic E-state index is 0.658. The van der Waals surface area contributed by atoms with Gasteiger partial charge in [-0.15, -0.1) is 0 Å². The first-order valence-electron chi connectivity index (χ1n) is 8.39. The van der Waals surface area contributed by atoms with Crippen molar-refractivity contribution in [3.05, 3.63) is 29.8 Å². The van der Waals surface area contributed by atoms with Crippen LogP contribution < -0.4 is 10.1 Å². The summed E-state index contributed by atoms with van der Waals surface area (Å²) in [5.74, 6) is 0.994. The van der Waals surface area contributed by atoms with Gasteiger partial charge in [-0.1, -0.05) is 26.0 Å². The summed E-state index contributed by atoms with van der Waals surface area (Å²) in [7, 11) is 0. The average Bonchev–Trinajstić information content (AvgIpc) is 2.51. The van der Waals surface area contributed by atoms with E-state index in [-0.39, 0.29) is 0 Å². The molecular weight excluding hydrogens is 260 g/mol. The number of piperazine rings is 1. The molecule has 1 aliphatic heterocycles. The van der Waals surface area contributed by atoms with Gasteiger partial charge in [-0.2, -0.15) is 0 Å². The highest BCUT2D eigenvalue weighted by molar-refractivity contribution is 5.27. The Bertz CT molecular complexity index is 421. The van der Waals surface area contributed by atoms with E-state index in [4.69, 9.17) is 4.74 Å². The molecule has 2 atom stereocenters. The predicted molar refractivity (Wildman–Crippen MR) is 89.0 cm³/mol. The summed E-state index contributed by atoms with van der Waals surface area (Å²) < 4.78 is 5.86. The van der Waals surface area contributed by atoms with Crippen molar-refractivity contribution in [1.82, 2.24) is 10.2 Å². The van der Waals surface area contributed by atoms with Gasteiger partial charge in [-0.05, 0) is 43.9 Å². The number of nitrogens with zero attached hydrogens (tertiary/aromatic N) is 1. The Kier molecular flexibility index (Phi) is 6.52.